The number of rotatable bonds is 6. The van der Waals surface area contributed by atoms with E-state index in [1.165, 1.54) is 0 Å². The van der Waals surface area contributed by atoms with Gasteiger partial charge in [-0.2, -0.15) is 0 Å². The van der Waals surface area contributed by atoms with Crippen molar-refractivity contribution in [2.24, 2.45) is 5.73 Å². The van der Waals surface area contributed by atoms with Crippen molar-refractivity contribution in [3.8, 4) is 0 Å². The van der Waals surface area contributed by atoms with Gasteiger partial charge >= 0.3 is 59.1 Å². The first-order chi connectivity index (χ1) is 12.4. The van der Waals surface area contributed by atoms with Crippen LogP contribution in [-0.4, -0.2) is 95.1 Å². The molecule has 0 aromatic rings. The first kappa shape index (κ1) is 29.6. The van der Waals surface area contributed by atoms with Crippen LogP contribution in [0.3, 0.4) is 0 Å². The summed E-state index contributed by atoms with van der Waals surface area (Å²) in [4.78, 5) is 10.9. The third kappa shape index (κ3) is 7.90. The molecule has 6 N–H and O–H groups in total. The van der Waals surface area contributed by atoms with E-state index in [1.807, 2.05) is 0 Å². The van der Waals surface area contributed by atoms with Gasteiger partial charge in [0.15, 0.2) is 6.29 Å². The van der Waals surface area contributed by atoms with Gasteiger partial charge in [0.2, 0.25) is 16.7 Å². The standard InChI is InChI=1S/C12H19NO13S.2Na/c13-6-8(16)9(5(24-11(6)19)2-23-27(20,21)22)26-12-7(15)3(14)1-4(25-12)10(17)18;;/h1,3,5-9,11-12,14-16,19H,2,13H2,(H,17,18)(H,20,21,22);;/q;2*+1/p-2. The Balaban J connectivity index is 0.00000392. The molecule has 0 spiro atoms. The van der Waals surface area contributed by atoms with Crippen LogP contribution in [0.15, 0.2) is 11.8 Å². The predicted octanol–water partition coefficient (Wildman–Crippen LogP) is -12.0. The summed E-state index contributed by atoms with van der Waals surface area (Å²) >= 11 is 0. The van der Waals surface area contributed by atoms with Crippen LogP contribution in [0.25, 0.3) is 0 Å². The molecule has 0 amide bonds. The largest absolute Gasteiger partial charge is 1.00 e. The van der Waals surface area contributed by atoms with Crippen molar-refractivity contribution < 1.29 is 121 Å². The number of carboxylic acid groups (broad SMARTS) is 1. The number of hydrogen-bond acceptors (Lipinski definition) is 14. The van der Waals surface area contributed by atoms with E-state index in [2.05, 4.69) is 4.18 Å². The van der Waals surface area contributed by atoms with E-state index in [0.29, 0.717) is 6.08 Å². The molecular formula is C12H17NNa2O13S. The predicted molar refractivity (Wildman–Crippen MR) is 75.4 cm³/mol. The Morgan fingerprint density at radius 2 is 1.79 bits per heavy atom. The van der Waals surface area contributed by atoms with E-state index >= 15 is 0 Å². The molecule has 0 aromatic carbocycles. The average molecular weight is 461 g/mol. The minimum Gasteiger partial charge on any atom is -0.726 e. The van der Waals surface area contributed by atoms with Crippen molar-refractivity contribution >= 4 is 16.4 Å². The molecule has 14 nitrogen and oxygen atoms in total. The van der Waals surface area contributed by atoms with Crippen LogP contribution in [0.1, 0.15) is 0 Å². The van der Waals surface area contributed by atoms with Gasteiger partial charge in [-0.3, -0.25) is 4.18 Å². The van der Waals surface area contributed by atoms with Crippen LogP contribution in [0.2, 0.25) is 0 Å². The molecule has 8 atom stereocenters. The second kappa shape index (κ2) is 12.0. The van der Waals surface area contributed by atoms with E-state index in [9.17, 15) is 43.3 Å². The van der Waals surface area contributed by atoms with Gasteiger partial charge in [0.25, 0.3) is 0 Å². The number of carbonyl (C=O) groups is 1. The molecule has 2 heterocycles. The van der Waals surface area contributed by atoms with Crippen molar-refractivity contribution in [3.63, 3.8) is 0 Å². The third-order valence-electron chi connectivity index (χ3n) is 3.80. The number of aliphatic hydroxyl groups excluding tert-OH is 4. The molecule has 2 rings (SSSR count). The van der Waals surface area contributed by atoms with E-state index in [-0.39, 0.29) is 59.1 Å². The first-order valence-corrected chi connectivity index (χ1v) is 8.73. The van der Waals surface area contributed by atoms with Gasteiger partial charge in [0.1, 0.15) is 42.2 Å². The molecule has 2 aliphatic rings. The number of aliphatic carboxylic acids is 1. The van der Waals surface area contributed by atoms with Gasteiger partial charge < -0.3 is 54.8 Å². The molecule has 8 unspecified atom stereocenters. The molecule has 1 saturated heterocycles. The molecular weight excluding hydrogens is 444 g/mol. The summed E-state index contributed by atoms with van der Waals surface area (Å²) in [5, 5.41) is 50.2. The second-order valence-electron chi connectivity index (χ2n) is 5.71. The van der Waals surface area contributed by atoms with E-state index in [4.69, 9.17) is 19.9 Å². The summed E-state index contributed by atoms with van der Waals surface area (Å²) in [5.41, 5.74) is 5.50. The maximum Gasteiger partial charge on any atom is 1.00 e. The Labute approximate surface area is 209 Å². The Bertz CT molecular complexity index is 691. The van der Waals surface area contributed by atoms with Gasteiger partial charge in [-0.05, 0) is 6.08 Å². The molecule has 0 aliphatic carbocycles. The molecule has 0 aromatic heterocycles. The summed E-state index contributed by atoms with van der Waals surface area (Å²) in [7, 11) is -5.16. The summed E-state index contributed by atoms with van der Waals surface area (Å²) < 4.78 is 50.8. The number of hydrogen-bond donors (Lipinski definition) is 5. The zero-order valence-corrected chi connectivity index (χ0v) is 20.2. The first-order valence-electron chi connectivity index (χ1n) is 7.39. The van der Waals surface area contributed by atoms with Crippen LogP contribution >= 0.6 is 0 Å². The smallest absolute Gasteiger partial charge is 0.726 e. The summed E-state index contributed by atoms with van der Waals surface area (Å²) in [6.45, 7) is -1.01. The van der Waals surface area contributed by atoms with Crippen molar-refractivity contribution in [3.05, 3.63) is 11.8 Å². The van der Waals surface area contributed by atoms with Crippen LogP contribution < -0.4 is 70.0 Å². The monoisotopic (exact) mass is 461 g/mol. The molecule has 29 heavy (non-hydrogen) atoms. The van der Waals surface area contributed by atoms with E-state index < -0.39 is 77.9 Å². The number of nitrogens with two attached hydrogens (primary N) is 1. The molecule has 0 saturated carbocycles. The summed E-state index contributed by atoms with van der Waals surface area (Å²) in [5.74, 6) is -2.71. The molecule has 17 heteroatoms. The fourth-order valence-electron chi connectivity index (χ4n) is 2.44. The Morgan fingerprint density at radius 1 is 1.21 bits per heavy atom. The van der Waals surface area contributed by atoms with Crippen LogP contribution in [0.4, 0.5) is 0 Å². The summed E-state index contributed by atoms with van der Waals surface area (Å²) in [6, 6.07) is -1.46. The Kier molecular flexibility index (Phi) is 12.3. The SMILES string of the molecule is NC1C(O)OC(COS(=O)(=O)[O-])C(OC2OC(C(=O)[O-])=CC(O)C2O)C1O.[Na+].[Na+]. The number of carboxylic acids is 1. The van der Waals surface area contributed by atoms with Gasteiger partial charge in [0, 0.05) is 0 Å². The van der Waals surface area contributed by atoms with Crippen LogP contribution in [0, 0.1) is 0 Å². The zero-order chi connectivity index (χ0) is 20.5. The molecule has 1 fully saturated rings. The fraction of sp³-hybridized carbons (Fsp3) is 0.750. The van der Waals surface area contributed by atoms with Gasteiger partial charge in [-0.25, -0.2) is 8.42 Å². The zero-order valence-electron chi connectivity index (χ0n) is 15.4. The maximum absolute atomic E-state index is 10.9. The third-order valence-corrected chi connectivity index (χ3v) is 4.23. The number of aliphatic hydroxyl groups is 4. The fourth-order valence-corrected chi connectivity index (χ4v) is 2.74. The minimum absolute atomic E-state index is 0. The van der Waals surface area contributed by atoms with E-state index in [0.717, 1.165) is 0 Å². The molecule has 156 valence electrons. The van der Waals surface area contributed by atoms with Crippen molar-refractivity contribution in [1.29, 1.82) is 0 Å². The normalized spacial score (nSPS) is 37.4. The van der Waals surface area contributed by atoms with E-state index in [1.54, 1.807) is 0 Å². The summed E-state index contributed by atoms with van der Waals surface area (Å²) in [6.07, 6.45) is -11.6. The van der Waals surface area contributed by atoms with Gasteiger partial charge in [0.05, 0.1) is 12.6 Å². The minimum atomic E-state index is -5.16. The quantitative estimate of drug-likeness (QED) is 0.140. The molecule has 2 aliphatic heterocycles. The Hall–Kier alpha value is 0.600. The number of ether oxygens (including phenoxy) is 3. The molecule has 0 radical (unpaired) electrons. The topological polar surface area (TPSA) is 241 Å². The average Bonchev–Trinajstić information content (AvgIpc) is 2.56. The van der Waals surface area contributed by atoms with Gasteiger partial charge in [-0.15, -0.1) is 0 Å². The number of carbonyl (C=O) groups excluding carboxylic acids is 1. The second-order valence-corrected chi connectivity index (χ2v) is 6.76. The van der Waals surface area contributed by atoms with Crippen LogP contribution in [0.5, 0.6) is 0 Å². The van der Waals surface area contributed by atoms with Crippen molar-refractivity contribution in [2.75, 3.05) is 6.61 Å². The maximum atomic E-state index is 10.9. The van der Waals surface area contributed by atoms with Crippen molar-refractivity contribution in [1.82, 2.24) is 0 Å². The van der Waals surface area contributed by atoms with Gasteiger partial charge in [-0.1, -0.05) is 0 Å². The molecule has 0 bridgehead atoms. The van der Waals surface area contributed by atoms with Crippen LogP contribution in [-0.2, 0) is 33.6 Å². The van der Waals surface area contributed by atoms with Crippen molar-refractivity contribution in [2.45, 2.75) is 49.1 Å². The Morgan fingerprint density at radius 3 is 2.31 bits per heavy atom.